The fourth-order valence-electron chi connectivity index (χ4n) is 1.13. The lowest BCUT2D eigenvalue weighted by atomic mass is 10.5. The van der Waals surface area contributed by atoms with E-state index in [9.17, 15) is 13.2 Å². The average molecular weight is 249 g/mol. The van der Waals surface area contributed by atoms with Crippen molar-refractivity contribution in [3.63, 3.8) is 0 Å². The fourth-order valence-corrected chi connectivity index (χ4v) is 2.19. The van der Waals surface area contributed by atoms with Gasteiger partial charge >= 0.3 is 22.3 Å². The molecule has 1 heterocycles. The van der Waals surface area contributed by atoms with Crippen LogP contribution in [0.2, 0.25) is 0 Å². The van der Waals surface area contributed by atoms with E-state index in [1.165, 1.54) is 0 Å². The minimum absolute atomic E-state index is 0.104. The third-order valence-electron chi connectivity index (χ3n) is 1.69. The van der Waals surface area contributed by atoms with Gasteiger partial charge in [0.15, 0.2) is 0 Å². The topological polar surface area (TPSA) is 88.1 Å². The Morgan fingerprint density at radius 1 is 1.50 bits per heavy atom. The van der Waals surface area contributed by atoms with E-state index in [1.807, 2.05) is 0 Å². The highest BCUT2D eigenvalue weighted by atomic mass is 32.2. The van der Waals surface area contributed by atoms with Crippen LogP contribution < -0.4 is 5.32 Å². The normalized spacial score (nSPS) is 19.4. The number of hydrogen-bond acceptors (Lipinski definition) is 4. The third-order valence-corrected chi connectivity index (χ3v) is 2.99. The molecule has 1 N–H and O–H groups in total. The van der Waals surface area contributed by atoms with Crippen molar-refractivity contribution in [3.05, 3.63) is 0 Å². The maximum atomic E-state index is 11.6. The zero-order valence-electron chi connectivity index (χ0n) is 9.43. The number of rotatable bonds is 3. The maximum absolute atomic E-state index is 11.6. The number of carbonyl (C=O) groups is 1. The first-order chi connectivity index (χ1) is 7.36. The minimum atomic E-state index is -3.95. The summed E-state index contributed by atoms with van der Waals surface area (Å²) in [5.74, 6) is 0. The summed E-state index contributed by atoms with van der Waals surface area (Å²) in [4.78, 5) is 11.5. The van der Waals surface area contributed by atoms with E-state index in [0.717, 1.165) is 0 Å². The van der Waals surface area contributed by atoms with Crippen molar-refractivity contribution in [1.82, 2.24) is 9.62 Å². The van der Waals surface area contributed by atoms with Gasteiger partial charge in [0.2, 0.25) is 0 Å². The van der Waals surface area contributed by atoms with Crippen molar-refractivity contribution < 1.29 is 17.9 Å². The summed E-state index contributed by atoms with van der Waals surface area (Å²) in [6.45, 7) is 5.29. The molecule has 0 bridgehead atoms. The third kappa shape index (κ3) is 2.84. The standard InChI is InChI=1S/C8H15N3O4S/c1-4-5-11-8(12)9-7(15-6(2)3)10-16(11,13)14/h6H,4-5H2,1-3H3,(H,9,10,12). The number of amidine groups is 1. The average Bonchev–Trinajstić information content (AvgIpc) is 2.09. The van der Waals surface area contributed by atoms with E-state index in [0.29, 0.717) is 10.7 Å². The van der Waals surface area contributed by atoms with Crippen LogP contribution in [0, 0.1) is 0 Å². The highest BCUT2D eigenvalue weighted by Gasteiger charge is 2.33. The molecule has 1 rings (SSSR count). The second-order valence-corrected chi connectivity index (χ2v) is 5.06. The first-order valence-corrected chi connectivity index (χ1v) is 6.36. The van der Waals surface area contributed by atoms with Crippen LogP contribution in [0.5, 0.6) is 0 Å². The molecule has 0 spiro atoms. The second-order valence-electron chi connectivity index (χ2n) is 3.54. The lowest BCUT2D eigenvalue weighted by Gasteiger charge is -2.25. The fraction of sp³-hybridized carbons (Fsp3) is 0.750. The summed E-state index contributed by atoms with van der Waals surface area (Å²) in [5.41, 5.74) is 0. The molecule has 92 valence electrons. The Morgan fingerprint density at radius 2 is 2.12 bits per heavy atom. The van der Waals surface area contributed by atoms with Gasteiger partial charge in [0.1, 0.15) is 0 Å². The number of nitrogens with zero attached hydrogens (tertiary/aromatic N) is 2. The molecule has 0 atom stereocenters. The number of amides is 2. The number of nitrogens with one attached hydrogen (secondary N) is 1. The summed E-state index contributed by atoms with van der Waals surface area (Å²) in [7, 11) is -3.95. The van der Waals surface area contributed by atoms with Crippen LogP contribution in [-0.4, -0.2) is 37.4 Å². The van der Waals surface area contributed by atoms with Crippen molar-refractivity contribution >= 4 is 22.3 Å². The van der Waals surface area contributed by atoms with Crippen LogP contribution >= 0.6 is 0 Å². The van der Waals surface area contributed by atoms with Crippen molar-refractivity contribution in [2.24, 2.45) is 4.40 Å². The smallest absolute Gasteiger partial charge is 0.352 e. The molecule has 0 aromatic carbocycles. The molecule has 0 fully saturated rings. The summed E-state index contributed by atoms with van der Waals surface area (Å²) in [5, 5.41) is 2.27. The van der Waals surface area contributed by atoms with Crippen molar-refractivity contribution in [1.29, 1.82) is 0 Å². The Hall–Kier alpha value is -1.31. The molecule has 8 heteroatoms. The van der Waals surface area contributed by atoms with E-state index in [2.05, 4.69) is 9.71 Å². The van der Waals surface area contributed by atoms with E-state index in [4.69, 9.17) is 4.74 Å². The molecular formula is C8H15N3O4S. The molecule has 0 radical (unpaired) electrons. The SMILES string of the molecule is CCCN1C(=O)NC(OC(C)C)=NS1(=O)=O. The van der Waals surface area contributed by atoms with E-state index >= 15 is 0 Å². The van der Waals surface area contributed by atoms with Gasteiger partial charge in [-0.25, -0.2) is 9.10 Å². The highest BCUT2D eigenvalue weighted by molar-refractivity contribution is 7.88. The summed E-state index contributed by atoms with van der Waals surface area (Å²) < 4.78 is 32.2. The molecule has 1 aliphatic heterocycles. The second kappa shape index (κ2) is 4.69. The largest absolute Gasteiger partial charge is 0.461 e. The Morgan fingerprint density at radius 3 is 2.56 bits per heavy atom. The molecular weight excluding hydrogens is 234 g/mol. The Kier molecular flexibility index (Phi) is 3.74. The van der Waals surface area contributed by atoms with Crippen LogP contribution in [0.4, 0.5) is 4.79 Å². The van der Waals surface area contributed by atoms with Crippen molar-refractivity contribution in [2.45, 2.75) is 33.3 Å². The van der Waals surface area contributed by atoms with E-state index in [-0.39, 0.29) is 18.7 Å². The lowest BCUT2D eigenvalue weighted by Crippen LogP contribution is -2.51. The monoisotopic (exact) mass is 249 g/mol. The van der Waals surface area contributed by atoms with Gasteiger partial charge in [-0.2, -0.15) is 8.42 Å². The zero-order valence-corrected chi connectivity index (χ0v) is 10.2. The number of carbonyl (C=O) groups excluding carboxylic acids is 1. The van der Waals surface area contributed by atoms with Gasteiger partial charge < -0.3 is 4.74 Å². The van der Waals surface area contributed by atoms with Crippen LogP contribution in [0.15, 0.2) is 4.40 Å². The van der Waals surface area contributed by atoms with Crippen LogP contribution in [0.1, 0.15) is 27.2 Å². The molecule has 1 aliphatic rings. The van der Waals surface area contributed by atoms with Crippen molar-refractivity contribution in [2.75, 3.05) is 6.54 Å². The molecule has 7 nitrogen and oxygen atoms in total. The molecule has 0 saturated heterocycles. The van der Waals surface area contributed by atoms with Crippen molar-refractivity contribution in [3.8, 4) is 0 Å². The summed E-state index contributed by atoms with van der Waals surface area (Å²) in [6.07, 6.45) is 0.273. The van der Waals surface area contributed by atoms with Gasteiger partial charge in [-0.15, -0.1) is 0 Å². The summed E-state index contributed by atoms with van der Waals surface area (Å²) in [6, 6.07) is -1.00. The number of urea groups is 1. The summed E-state index contributed by atoms with van der Waals surface area (Å²) >= 11 is 0. The molecule has 0 unspecified atom stereocenters. The first kappa shape index (κ1) is 12.8. The molecule has 0 aromatic rings. The lowest BCUT2D eigenvalue weighted by molar-refractivity contribution is 0.201. The first-order valence-electron chi connectivity index (χ1n) is 4.97. The molecule has 16 heavy (non-hydrogen) atoms. The number of hydrogen-bond donors (Lipinski definition) is 1. The Balaban J connectivity index is 2.95. The van der Waals surface area contributed by atoms with Crippen LogP contribution in [-0.2, 0) is 14.9 Å². The molecule has 0 aliphatic carbocycles. The van der Waals surface area contributed by atoms with Gasteiger partial charge in [0.05, 0.1) is 6.10 Å². The quantitative estimate of drug-likeness (QED) is 0.786. The Labute approximate surface area is 94.7 Å². The van der Waals surface area contributed by atoms with Gasteiger partial charge in [-0.1, -0.05) is 11.3 Å². The maximum Gasteiger partial charge on any atom is 0.352 e. The van der Waals surface area contributed by atoms with E-state index in [1.54, 1.807) is 20.8 Å². The van der Waals surface area contributed by atoms with Crippen LogP contribution in [0.3, 0.4) is 0 Å². The highest BCUT2D eigenvalue weighted by Crippen LogP contribution is 2.10. The molecule has 0 saturated carbocycles. The number of ether oxygens (including phenoxy) is 1. The van der Waals surface area contributed by atoms with E-state index < -0.39 is 16.2 Å². The molecule has 0 aromatic heterocycles. The predicted molar refractivity (Wildman–Crippen MR) is 58.1 cm³/mol. The molecule has 2 amide bonds. The minimum Gasteiger partial charge on any atom is -0.461 e. The zero-order chi connectivity index (χ0) is 12.3. The van der Waals surface area contributed by atoms with Gasteiger partial charge in [0, 0.05) is 6.54 Å². The van der Waals surface area contributed by atoms with Gasteiger partial charge in [-0.3, -0.25) is 5.32 Å². The Bertz CT molecular complexity index is 402. The van der Waals surface area contributed by atoms with Gasteiger partial charge in [-0.05, 0) is 20.3 Å². The van der Waals surface area contributed by atoms with Gasteiger partial charge in [0.25, 0.3) is 0 Å². The van der Waals surface area contributed by atoms with Crippen LogP contribution in [0.25, 0.3) is 0 Å². The predicted octanol–water partition coefficient (Wildman–Crippen LogP) is 0.447.